The van der Waals surface area contributed by atoms with Gasteiger partial charge in [-0.15, -0.1) is 0 Å². The van der Waals surface area contributed by atoms with Gasteiger partial charge >= 0.3 is 23.9 Å². The quantitative estimate of drug-likeness (QED) is 0.249. The van der Waals surface area contributed by atoms with Crippen LogP contribution in [0.5, 0.6) is 11.5 Å². The number of ether oxygens (including phenoxy) is 4. The van der Waals surface area contributed by atoms with Crippen molar-refractivity contribution in [1.29, 1.82) is 0 Å². The molecule has 0 aliphatic carbocycles. The third-order valence-corrected chi connectivity index (χ3v) is 5.63. The molecule has 0 heterocycles. The normalized spacial score (nSPS) is 13.7. The maximum Gasteiger partial charge on any atom is 0.326 e. The Balaban J connectivity index is 3.19. The van der Waals surface area contributed by atoms with Crippen LogP contribution in [0.15, 0.2) is 18.2 Å². The molecule has 0 saturated heterocycles. The van der Waals surface area contributed by atoms with Crippen molar-refractivity contribution in [2.24, 2.45) is 23.5 Å². The van der Waals surface area contributed by atoms with Crippen LogP contribution in [0.2, 0.25) is 0 Å². The lowest BCUT2D eigenvalue weighted by atomic mass is 9.86. The largest absolute Gasteiger partial charge is 0.468 e. The number of esters is 4. The van der Waals surface area contributed by atoms with Crippen LogP contribution in [0.1, 0.15) is 86.1 Å². The Morgan fingerprint density at radius 1 is 0.816 bits per heavy atom. The first kappa shape index (κ1) is 33.1. The monoisotopic (exact) mass is 535 g/mol. The molecule has 0 aliphatic heterocycles. The molecule has 1 unspecified atom stereocenters. The summed E-state index contributed by atoms with van der Waals surface area (Å²) >= 11 is 0. The van der Waals surface area contributed by atoms with Crippen LogP contribution in [0.4, 0.5) is 0 Å². The highest BCUT2D eigenvalue weighted by Gasteiger charge is 2.38. The van der Waals surface area contributed by atoms with Gasteiger partial charge in [-0.1, -0.05) is 47.6 Å². The predicted molar refractivity (Wildman–Crippen MR) is 144 cm³/mol. The molecule has 2 atom stereocenters. The number of carbonyl (C=O) groups excluding carboxylic acids is 4. The minimum absolute atomic E-state index is 0.00249. The smallest absolute Gasteiger partial charge is 0.326 e. The first-order chi connectivity index (χ1) is 17.6. The van der Waals surface area contributed by atoms with Crippen LogP contribution in [0.25, 0.3) is 0 Å². The second-order valence-corrected chi connectivity index (χ2v) is 11.2. The first-order valence-electron chi connectivity index (χ1n) is 13.3. The van der Waals surface area contributed by atoms with Gasteiger partial charge in [-0.2, -0.15) is 0 Å². The SMILES string of the molecule is COC(=O)C(N)(Cc1ccc(OC(=O)CC(C)C)c(OC(=O)CC(C)C)c1)C[C@H](C)OC(=O)CCC(C)C. The van der Waals surface area contributed by atoms with Crippen molar-refractivity contribution in [2.45, 2.75) is 98.6 Å². The van der Waals surface area contributed by atoms with E-state index in [2.05, 4.69) is 0 Å². The highest BCUT2D eigenvalue weighted by Crippen LogP contribution is 2.32. The van der Waals surface area contributed by atoms with Crippen molar-refractivity contribution in [3.05, 3.63) is 23.8 Å². The zero-order chi connectivity index (χ0) is 29.0. The summed E-state index contributed by atoms with van der Waals surface area (Å²) in [6.07, 6.45) is 0.722. The van der Waals surface area contributed by atoms with E-state index in [1.165, 1.54) is 19.2 Å². The number of hydrogen-bond acceptors (Lipinski definition) is 9. The van der Waals surface area contributed by atoms with Crippen LogP contribution < -0.4 is 15.2 Å². The summed E-state index contributed by atoms with van der Waals surface area (Å²) in [6, 6.07) is 4.68. The van der Waals surface area contributed by atoms with E-state index in [9.17, 15) is 19.2 Å². The molecule has 0 saturated carbocycles. The van der Waals surface area contributed by atoms with Gasteiger partial charge in [0.05, 0.1) is 7.11 Å². The van der Waals surface area contributed by atoms with Gasteiger partial charge in [0.2, 0.25) is 0 Å². The highest BCUT2D eigenvalue weighted by molar-refractivity contribution is 5.81. The topological polar surface area (TPSA) is 131 Å². The number of rotatable bonds is 15. The molecule has 0 aromatic heterocycles. The molecule has 2 N–H and O–H groups in total. The second-order valence-electron chi connectivity index (χ2n) is 11.2. The lowest BCUT2D eigenvalue weighted by molar-refractivity contribution is -0.155. The number of benzene rings is 1. The van der Waals surface area contributed by atoms with E-state index in [1.807, 2.05) is 41.5 Å². The van der Waals surface area contributed by atoms with E-state index in [1.54, 1.807) is 13.0 Å². The lowest BCUT2D eigenvalue weighted by Crippen LogP contribution is -2.53. The molecule has 0 fully saturated rings. The zero-order valence-corrected chi connectivity index (χ0v) is 24.1. The molecule has 1 aromatic rings. The highest BCUT2D eigenvalue weighted by atomic mass is 16.6. The average molecular weight is 536 g/mol. The van der Waals surface area contributed by atoms with Crippen molar-refractivity contribution in [3.8, 4) is 11.5 Å². The van der Waals surface area contributed by atoms with Gasteiger partial charge in [0.25, 0.3) is 0 Å². The van der Waals surface area contributed by atoms with Gasteiger partial charge in [-0.3, -0.25) is 19.2 Å². The second kappa shape index (κ2) is 15.5. The number of carbonyl (C=O) groups is 4. The predicted octanol–water partition coefficient (Wildman–Crippen LogP) is 4.76. The molecule has 0 aliphatic rings. The molecule has 1 aromatic carbocycles. The van der Waals surface area contributed by atoms with Crippen molar-refractivity contribution in [1.82, 2.24) is 0 Å². The van der Waals surface area contributed by atoms with Crippen LogP contribution in [0.3, 0.4) is 0 Å². The summed E-state index contributed by atoms with van der Waals surface area (Å²) in [5.41, 5.74) is 5.54. The van der Waals surface area contributed by atoms with Crippen molar-refractivity contribution in [3.63, 3.8) is 0 Å². The van der Waals surface area contributed by atoms with Crippen LogP contribution in [0, 0.1) is 17.8 Å². The van der Waals surface area contributed by atoms with Gasteiger partial charge in [-0.25, -0.2) is 0 Å². The van der Waals surface area contributed by atoms with Gasteiger partial charge in [0.1, 0.15) is 11.6 Å². The number of nitrogens with two attached hydrogens (primary N) is 1. The fourth-order valence-electron chi connectivity index (χ4n) is 3.86. The molecule has 38 heavy (non-hydrogen) atoms. The standard InChI is InChI=1S/C29H45NO8/c1-18(2)9-12-25(31)36-21(7)16-29(30,28(34)35-8)17-22-10-11-23(37-26(32)13-19(3)4)24(15-22)38-27(33)14-20(5)6/h10-11,15,18-21H,9,12-14,16-17,30H2,1-8H3/t21-,29?/m0/s1. The molecular weight excluding hydrogens is 490 g/mol. The Morgan fingerprint density at radius 3 is 1.87 bits per heavy atom. The summed E-state index contributed by atoms with van der Waals surface area (Å²) in [5, 5.41) is 0. The van der Waals surface area contributed by atoms with Crippen molar-refractivity contribution < 1.29 is 38.1 Å². The lowest BCUT2D eigenvalue weighted by Gasteiger charge is -2.29. The van der Waals surface area contributed by atoms with Crippen LogP contribution in [-0.2, 0) is 35.1 Å². The molecule has 0 radical (unpaired) electrons. The number of methoxy groups -OCH3 is 1. The van der Waals surface area contributed by atoms with Crippen LogP contribution in [-0.4, -0.2) is 42.6 Å². The molecule has 214 valence electrons. The summed E-state index contributed by atoms with van der Waals surface area (Å²) in [6.45, 7) is 13.3. The minimum Gasteiger partial charge on any atom is -0.468 e. The van der Waals surface area contributed by atoms with E-state index >= 15 is 0 Å². The Labute approximate surface area is 226 Å². The molecular formula is C29H45NO8. The maximum atomic E-state index is 12.7. The molecule has 0 bridgehead atoms. The minimum atomic E-state index is -1.53. The summed E-state index contributed by atoms with van der Waals surface area (Å²) < 4.78 is 21.5. The summed E-state index contributed by atoms with van der Waals surface area (Å²) in [7, 11) is 1.24. The number of hydrogen-bond donors (Lipinski definition) is 1. The van der Waals surface area contributed by atoms with Gasteiger partial charge in [0, 0.05) is 32.1 Å². The third-order valence-electron chi connectivity index (χ3n) is 5.63. The zero-order valence-electron chi connectivity index (χ0n) is 24.1. The van der Waals surface area contributed by atoms with E-state index in [4.69, 9.17) is 24.7 Å². The van der Waals surface area contributed by atoms with Crippen LogP contribution >= 0.6 is 0 Å². The molecule has 0 spiro atoms. The summed E-state index contributed by atoms with van der Waals surface area (Å²) in [4.78, 5) is 49.6. The average Bonchev–Trinajstić information content (AvgIpc) is 2.77. The molecule has 1 rings (SSSR count). The van der Waals surface area contributed by atoms with E-state index in [0.29, 0.717) is 17.9 Å². The van der Waals surface area contributed by atoms with Gasteiger partial charge < -0.3 is 24.7 Å². The maximum absolute atomic E-state index is 12.7. The van der Waals surface area contributed by atoms with Crippen molar-refractivity contribution >= 4 is 23.9 Å². The van der Waals surface area contributed by atoms with E-state index in [-0.39, 0.29) is 61.4 Å². The van der Waals surface area contributed by atoms with Gasteiger partial charge in [0.15, 0.2) is 11.5 Å². The Hall–Kier alpha value is -2.94. The van der Waals surface area contributed by atoms with E-state index in [0.717, 1.165) is 0 Å². The van der Waals surface area contributed by atoms with Gasteiger partial charge in [-0.05, 0) is 48.8 Å². The molecule has 9 heteroatoms. The molecule has 9 nitrogen and oxygen atoms in total. The summed E-state index contributed by atoms with van der Waals surface area (Å²) in [5.74, 6) is -1.28. The fourth-order valence-corrected chi connectivity index (χ4v) is 3.86. The Kier molecular flexibility index (Phi) is 13.5. The fraction of sp³-hybridized carbons (Fsp3) is 0.655. The molecule has 0 amide bonds. The Bertz CT molecular complexity index is 956. The Morgan fingerprint density at radius 2 is 1.37 bits per heavy atom. The third kappa shape index (κ3) is 12.1. The van der Waals surface area contributed by atoms with E-state index < -0.39 is 29.6 Å². The first-order valence-corrected chi connectivity index (χ1v) is 13.3. The van der Waals surface area contributed by atoms with Crippen molar-refractivity contribution in [2.75, 3.05) is 7.11 Å².